The summed E-state index contributed by atoms with van der Waals surface area (Å²) < 4.78 is 6.84. The van der Waals surface area contributed by atoms with E-state index in [0.717, 1.165) is 37.9 Å². The van der Waals surface area contributed by atoms with Crippen LogP contribution in [0.5, 0.6) is 0 Å². The number of aryl methyl sites for hydroxylation is 2. The number of rotatable bonds is 3. The molecule has 0 radical (unpaired) electrons. The van der Waals surface area contributed by atoms with Crippen LogP contribution >= 0.6 is 46.8 Å². The molecule has 0 saturated carbocycles. The highest BCUT2D eigenvalue weighted by Crippen LogP contribution is 2.36. The predicted octanol–water partition coefficient (Wildman–Crippen LogP) is 7.76. The first-order chi connectivity index (χ1) is 16.3. The Labute approximate surface area is 214 Å². The fourth-order valence-corrected chi connectivity index (χ4v) is 5.64. The summed E-state index contributed by atoms with van der Waals surface area (Å²) in [6.45, 7) is 4.03. The Morgan fingerprint density at radius 2 is 1.91 bits per heavy atom. The molecular weight excluding hydrogens is 509 g/mol. The van der Waals surface area contributed by atoms with Gasteiger partial charge in [0.15, 0.2) is 10.7 Å². The zero-order chi connectivity index (χ0) is 24.0. The minimum atomic E-state index is -0.388. The molecule has 0 fully saturated rings. The molecule has 2 aromatic heterocycles. The minimum absolute atomic E-state index is 0.151. The molecule has 5 nitrogen and oxygen atoms in total. The van der Waals surface area contributed by atoms with Crippen LogP contribution in [0.3, 0.4) is 0 Å². The first-order valence-electron chi connectivity index (χ1n) is 10.3. The van der Waals surface area contributed by atoms with Crippen molar-refractivity contribution in [3.63, 3.8) is 0 Å². The summed E-state index contributed by atoms with van der Waals surface area (Å²) in [5.74, 6) is 0.124. The third kappa shape index (κ3) is 4.40. The van der Waals surface area contributed by atoms with Crippen molar-refractivity contribution < 1.29 is 9.21 Å². The predicted molar refractivity (Wildman–Crippen MR) is 144 cm³/mol. The zero-order valence-corrected chi connectivity index (χ0v) is 21.2. The van der Waals surface area contributed by atoms with Crippen LogP contribution in [0, 0.1) is 13.8 Å². The van der Waals surface area contributed by atoms with E-state index in [1.807, 2.05) is 44.2 Å². The van der Waals surface area contributed by atoms with Crippen molar-refractivity contribution in [2.24, 2.45) is 0 Å². The van der Waals surface area contributed by atoms with E-state index in [-0.39, 0.29) is 11.0 Å². The van der Waals surface area contributed by atoms with Crippen LogP contribution in [0.25, 0.3) is 32.6 Å². The van der Waals surface area contributed by atoms with Crippen LogP contribution in [-0.4, -0.2) is 16.0 Å². The van der Waals surface area contributed by atoms with Gasteiger partial charge in [-0.2, -0.15) is 0 Å². The largest absolute Gasteiger partial charge is 0.436 e. The third-order valence-electron chi connectivity index (χ3n) is 5.21. The fourth-order valence-electron chi connectivity index (χ4n) is 3.74. The smallest absolute Gasteiger partial charge is 0.269 e. The van der Waals surface area contributed by atoms with Crippen LogP contribution in [0.1, 0.15) is 20.8 Å². The molecule has 170 valence electrons. The maximum absolute atomic E-state index is 12.8. The molecule has 5 aromatic rings. The number of fused-ring (bicyclic) bond motifs is 2. The number of hydrogen-bond donors (Lipinski definition) is 2. The maximum atomic E-state index is 12.8. The second-order valence-corrected chi connectivity index (χ2v) is 10.1. The van der Waals surface area contributed by atoms with E-state index in [1.165, 1.54) is 11.3 Å². The van der Waals surface area contributed by atoms with Crippen molar-refractivity contribution in [2.75, 3.05) is 5.32 Å². The maximum Gasteiger partial charge on any atom is 0.269 e. The molecule has 3 aromatic carbocycles. The number of thiocarbonyl (C=S) groups is 1. The SMILES string of the molecule is Cc1cc(C)c2oc(-c3cccc(NC(=S)NC(=O)c4sc5cc(Cl)ccc5c4Cl)c3)nc2c1. The van der Waals surface area contributed by atoms with E-state index < -0.39 is 0 Å². The highest BCUT2D eigenvalue weighted by atomic mass is 35.5. The van der Waals surface area contributed by atoms with Crippen LogP contribution in [-0.2, 0) is 0 Å². The van der Waals surface area contributed by atoms with E-state index in [0.29, 0.717) is 26.5 Å². The van der Waals surface area contributed by atoms with E-state index in [4.69, 9.17) is 39.8 Å². The summed E-state index contributed by atoms with van der Waals surface area (Å²) >= 11 is 19.1. The first-order valence-corrected chi connectivity index (χ1v) is 12.2. The molecular formula is C25H17Cl2N3O2S2. The number of thiophene rings is 1. The molecule has 2 heterocycles. The van der Waals surface area contributed by atoms with Gasteiger partial charge in [0, 0.05) is 26.4 Å². The molecule has 0 atom stereocenters. The summed E-state index contributed by atoms with van der Waals surface area (Å²) in [7, 11) is 0. The van der Waals surface area contributed by atoms with Gasteiger partial charge in [-0.1, -0.05) is 41.4 Å². The number of nitrogens with zero attached hydrogens (tertiary/aromatic N) is 1. The van der Waals surface area contributed by atoms with Gasteiger partial charge in [-0.3, -0.25) is 10.1 Å². The monoisotopic (exact) mass is 525 g/mol. The molecule has 2 N–H and O–H groups in total. The summed E-state index contributed by atoms with van der Waals surface area (Å²) in [4.78, 5) is 17.8. The van der Waals surface area contributed by atoms with Crippen molar-refractivity contribution >= 4 is 84.6 Å². The summed E-state index contributed by atoms with van der Waals surface area (Å²) in [6, 6.07) is 16.8. The van der Waals surface area contributed by atoms with Crippen molar-refractivity contribution in [3.8, 4) is 11.5 Å². The van der Waals surface area contributed by atoms with E-state index >= 15 is 0 Å². The Morgan fingerprint density at radius 3 is 2.74 bits per heavy atom. The van der Waals surface area contributed by atoms with Crippen LogP contribution in [0.2, 0.25) is 10.0 Å². The highest BCUT2D eigenvalue weighted by molar-refractivity contribution is 7.80. The summed E-state index contributed by atoms with van der Waals surface area (Å²) in [5.41, 5.74) is 5.22. The number of anilines is 1. The number of hydrogen-bond acceptors (Lipinski definition) is 5. The van der Waals surface area contributed by atoms with Crippen LogP contribution in [0.15, 0.2) is 59.0 Å². The standard InChI is InChI=1S/C25H17Cl2N3O2S2/c1-12-8-13(2)21-18(9-12)29-24(32-21)14-4-3-5-16(10-14)28-25(33)30-23(31)22-20(27)17-7-6-15(26)11-19(17)34-22/h3-11H,1-2H3,(H2,28,30,31,33). The van der Waals surface area contributed by atoms with Crippen molar-refractivity contribution in [2.45, 2.75) is 13.8 Å². The Morgan fingerprint density at radius 1 is 1.09 bits per heavy atom. The summed E-state index contributed by atoms with van der Waals surface area (Å²) in [5, 5.41) is 7.61. The summed E-state index contributed by atoms with van der Waals surface area (Å²) in [6.07, 6.45) is 0. The van der Waals surface area contributed by atoms with Crippen molar-refractivity contribution in [3.05, 3.63) is 80.6 Å². The highest BCUT2D eigenvalue weighted by Gasteiger charge is 2.18. The van der Waals surface area contributed by atoms with E-state index in [1.54, 1.807) is 18.2 Å². The third-order valence-corrected chi connectivity index (χ3v) is 7.31. The van der Waals surface area contributed by atoms with E-state index in [9.17, 15) is 4.79 Å². The number of carbonyl (C=O) groups is 1. The molecule has 0 aliphatic rings. The van der Waals surface area contributed by atoms with Gasteiger partial charge in [0.1, 0.15) is 10.4 Å². The van der Waals surface area contributed by atoms with Crippen LogP contribution < -0.4 is 10.6 Å². The molecule has 0 saturated heterocycles. The quantitative estimate of drug-likeness (QED) is 0.235. The zero-order valence-electron chi connectivity index (χ0n) is 18.0. The van der Waals surface area contributed by atoms with E-state index in [2.05, 4.69) is 21.7 Å². The molecule has 34 heavy (non-hydrogen) atoms. The van der Waals surface area contributed by atoms with Gasteiger partial charge in [-0.05, 0) is 73.6 Å². The van der Waals surface area contributed by atoms with Gasteiger partial charge in [-0.15, -0.1) is 11.3 Å². The molecule has 0 aliphatic heterocycles. The second-order valence-electron chi connectivity index (χ2n) is 7.82. The molecule has 9 heteroatoms. The lowest BCUT2D eigenvalue weighted by molar-refractivity contribution is 0.0982. The lowest BCUT2D eigenvalue weighted by Gasteiger charge is -2.09. The fraction of sp³-hybridized carbons (Fsp3) is 0.0800. The van der Waals surface area contributed by atoms with Gasteiger partial charge < -0.3 is 9.73 Å². The molecule has 1 amide bonds. The van der Waals surface area contributed by atoms with Gasteiger partial charge in [-0.25, -0.2) is 4.98 Å². The number of carbonyl (C=O) groups excluding carboxylic acids is 1. The van der Waals surface area contributed by atoms with Crippen molar-refractivity contribution in [1.29, 1.82) is 0 Å². The van der Waals surface area contributed by atoms with Gasteiger partial charge in [0.25, 0.3) is 5.91 Å². The Hall–Kier alpha value is -2.97. The Balaban J connectivity index is 1.34. The number of benzene rings is 3. The average molecular weight is 526 g/mol. The average Bonchev–Trinajstić information content (AvgIpc) is 3.35. The molecule has 0 bridgehead atoms. The number of aromatic nitrogens is 1. The second kappa shape index (κ2) is 9.00. The van der Waals surface area contributed by atoms with Crippen molar-refractivity contribution in [1.82, 2.24) is 10.3 Å². The van der Waals surface area contributed by atoms with Crippen LogP contribution in [0.4, 0.5) is 5.69 Å². The first kappa shape index (κ1) is 22.8. The topological polar surface area (TPSA) is 67.2 Å². The lowest BCUT2D eigenvalue weighted by Crippen LogP contribution is -2.33. The molecule has 0 unspecified atom stereocenters. The Bertz CT molecular complexity index is 1610. The number of amides is 1. The number of halogens is 2. The van der Waals surface area contributed by atoms with Gasteiger partial charge in [0.2, 0.25) is 5.89 Å². The molecule has 5 rings (SSSR count). The van der Waals surface area contributed by atoms with Gasteiger partial charge in [0.05, 0.1) is 5.02 Å². The number of oxazole rings is 1. The minimum Gasteiger partial charge on any atom is -0.436 e. The normalized spacial score (nSPS) is 11.2. The number of nitrogens with one attached hydrogen (secondary N) is 2. The van der Waals surface area contributed by atoms with Gasteiger partial charge >= 0.3 is 0 Å². The molecule has 0 aliphatic carbocycles. The lowest BCUT2D eigenvalue weighted by atomic mass is 10.1. The Kier molecular flexibility index (Phi) is 6.04. The molecule has 0 spiro atoms.